The Hall–Kier alpha value is -0.970. The van der Waals surface area contributed by atoms with Crippen molar-refractivity contribution in [1.82, 2.24) is 0 Å². The van der Waals surface area contributed by atoms with Gasteiger partial charge in [-0.1, -0.05) is 13.3 Å². The summed E-state index contributed by atoms with van der Waals surface area (Å²) in [5.74, 6) is -2.92. The third-order valence-corrected chi connectivity index (χ3v) is 3.96. The van der Waals surface area contributed by atoms with E-state index in [2.05, 4.69) is 14.1 Å². The first-order valence-corrected chi connectivity index (χ1v) is 7.50. The van der Waals surface area contributed by atoms with E-state index in [1.54, 1.807) is 0 Å². The lowest BCUT2D eigenvalue weighted by molar-refractivity contribution is -0.777. The van der Waals surface area contributed by atoms with Gasteiger partial charge in [-0.3, -0.25) is 5.04 Å². The van der Waals surface area contributed by atoms with Crippen LogP contribution in [0.2, 0.25) is 0 Å². The molecule has 0 atom stereocenters. The van der Waals surface area contributed by atoms with Crippen molar-refractivity contribution in [2.24, 2.45) is 0 Å². The van der Waals surface area contributed by atoms with Gasteiger partial charge in [-0.25, -0.2) is 9.59 Å². The van der Waals surface area contributed by atoms with Crippen molar-refractivity contribution in [1.29, 1.82) is 0 Å². The number of hydrogen-bond acceptors (Lipinski definition) is 8. The Morgan fingerprint density at radius 2 is 1.91 bits per heavy atom. The van der Waals surface area contributed by atoms with Gasteiger partial charge in [-0.05, 0) is 32.1 Å². The smallest absolute Gasteiger partial charge is 0.415 e. The van der Waals surface area contributed by atoms with Crippen molar-refractivity contribution in [3.8, 4) is 0 Å². The quantitative estimate of drug-likeness (QED) is 0.284. The van der Waals surface area contributed by atoms with E-state index >= 15 is 0 Å². The summed E-state index contributed by atoms with van der Waals surface area (Å²) in [6, 6.07) is 0. The van der Waals surface area contributed by atoms with Crippen LogP contribution in [0.3, 0.4) is 0 Å². The Kier molecular flexibility index (Phi) is 7.46. The number of hydrogen-bond donors (Lipinski definition) is 0. The summed E-state index contributed by atoms with van der Waals surface area (Å²) in [5, 5.41) is 8.00. The van der Waals surface area contributed by atoms with Gasteiger partial charge in [0.1, 0.15) is 17.6 Å². The van der Waals surface area contributed by atoms with Gasteiger partial charge >= 0.3 is 17.2 Å². The van der Waals surface area contributed by atoms with Crippen LogP contribution in [0.25, 0.3) is 0 Å². The van der Waals surface area contributed by atoms with E-state index in [0.717, 1.165) is 19.3 Å². The molecular formula is C12H17F2O7S-. The molecule has 0 aromatic rings. The first kappa shape index (κ1) is 19.1. The highest BCUT2D eigenvalue weighted by Crippen LogP contribution is 2.34. The largest absolute Gasteiger partial charge is 0.691 e. The first-order chi connectivity index (χ1) is 10.4. The molecule has 7 nitrogen and oxygen atoms in total. The van der Waals surface area contributed by atoms with Crippen molar-refractivity contribution >= 4 is 24.0 Å². The van der Waals surface area contributed by atoms with Crippen LogP contribution in [-0.4, -0.2) is 29.4 Å². The normalized spacial score (nSPS) is 17.8. The zero-order chi connectivity index (χ0) is 16.6. The van der Waals surface area contributed by atoms with Crippen molar-refractivity contribution in [3.05, 3.63) is 0 Å². The number of halogens is 2. The molecule has 1 rings (SSSR count). The Balaban J connectivity index is 2.43. The summed E-state index contributed by atoms with van der Waals surface area (Å²) >= 11 is -0.817. The molecule has 1 saturated carbocycles. The highest BCUT2D eigenvalue weighted by atomic mass is 32.2. The zero-order valence-corrected chi connectivity index (χ0v) is 12.8. The Morgan fingerprint density at radius 3 is 2.45 bits per heavy atom. The standard InChI is InChI=1S/C12H18F2O7S/c1-2-11(6-4-3-5-7-11)19-9(15)8-18-10(16)12(13,14)22-21-20-17/h17H,2-8H2,1H3/p-1. The molecule has 0 unspecified atom stereocenters. The third kappa shape index (κ3) is 5.67. The topological polar surface area (TPSA) is 94.1 Å². The van der Waals surface area contributed by atoms with Gasteiger partial charge in [-0.2, -0.15) is 13.1 Å². The maximum absolute atomic E-state index is 13.0. The number of ether oxygens (including phenoxy) is 2. The van der Waals surface area contributed by atoms with Gasteiger partial charge in [0.2, 0.25) is 0 Å². The lowest BCUT2D eigenvalue weighted by atomic mass is 9.83. The second-order valence-electron chi connectivity index (χ2n) is 4.88. The van der Waals surface area contributed by atoms with Crippen LogP contribution in [-0.2, 0) is 28.4 Å². The van der Waals surface area contributed by atoms with Gasteiger partial charge in [0.25, 0.3) is 0 Å². The molecular weight excluding hydrogens is 326 g/mol. The molecule has 0 radical (unpaired) electrons. The highest BCUT2D eigenvalue weighted by molar-refractivity contribution is 7.96. The summed E-state index contributed by atoms with van der Waals surface area (Å²) in [7, 11) is 0. The van der Waals surface area contributed by atoms with E-state index in [4.69, 9.17) is 4.74 Å². The molecule has 1 aliphatic carbocycles. The molecule has 0 spiro atoms. The third-order valence-electron chi connectivity index (χ3n) is 3.46. The Bertz CT molecular complexity index is 386. The van der Waals surface area contributed by atoms with Gasteiger partial charge in [0.15, 0.2) is 6.61 Å². The number of carbonyl (C=O) groups excluding carboxylic acids is 2. The first-order valence-electron chi connectivity index (χ1n) is 6.76. The minimum absolute atomic E-state index is 0.605. The van der Waals surface area contributed by atoms with Crippen LogP contribution in [0.4, 0.5) is 8.78 Å². The van der Waals surface area contributed by atoms with Crippen molar-refractivity contribution in [2.75, 3.05) is 6.61 Å². The van der Waals surface area contributed by atoms with Gasteiger partial charge in [0.05, 0.1) is 0 Å². The molecule has 0 aromatic heterocycles. The monoisotopic (exact) mass is 343 g/mol. The molecule has 0 aromatic carbocycles. The molecule has 0 saturated heterocycles. The fraction of sp³-hybridized carbons (Fsp3) is 0.833. The van der Waals surface area contributed by atoms with Crippen molar-refractivity contribution < 1.29 is 42.5 Å². The molecule has 0 N–H and O–H groups in total. The SMILES string of the molecule is CCC1(OC(=O)COC(=O)C(F)(F)SOO[O-])CCCCC1. The van der Waals surface area contributed by atoms with Gasteiger partial charge in [-0.15, -0.1) is 0 Å². The number of alkyl halides is 2. The Labute approximate surface area is 130 Å². The summed E-state index contributed by atoms with van der Waals surface area (Å²) in [4.78, 5) is 22.7. The molecule has 0 amide bonds. The van der Waals surface area contributed by atoms with E-state index in [-0.39, 0.29) is 0 Å². The minimum atomic E-state index is -4.17. The van der Waals surface area contributed by atoms with Crippen molar-refractivity contribution in [3.63, 3.8) is 0 Å². The van der Waals surface area contributed by atoms with Crippen LogP contribution < -0.4 is 5.26 Å². The van der Waals surface area contributed by atoms with Gasteiger partial charge < -0.3 is 14.7 Å². The van der Waals surface area contributed by atoms with E-state index in [1.807, 2.05) is 6.92 Å². The van der Waals surface area contributed by atoms with Gasteiger partial charge in [0, 0.05) is 0 Å². The molecule has 0 bridgehead atoms. The molecule has 1 fully saturated rings. The highest BCUT2D eigenvalue weighted by Gasteiger charge is 2.44. The molecule has 1 aliphatic rings. The molecule has 10 heteroatoms. The second-order valence-corrected chi connectivity index (χ2v) is 5.70. The van der Waals surface area contributed by atoms with Crippen LogP contribution in [0.1, 0.15) is 45.4 Å². The average Bonchev–Trinajstić information content (AvgIpc) is 2.51. The predicted octanol–water partition coefficient (Wildman–Crippen LogP) is 1.65. The van der Waals surface area contributed by atoms with E-state index in [1.165, 1.54) is 0 Å². The van der Waals surface area contributed by atoms with E-state index in [9.17, 15) is 23.6 Å². The maximum Gasteiger partial charge on any atom is 0.415 e. The lowest BCUT2D eigenvalue weighted by Crippen LogP contribution is -2.38. The van der Waals surface area contributed by atoms with Crippen molar-refractivity contribution in [2.45, 2.75) is 56.3 Å². The second kappa shape index (κ2) is 8.61. The van der Waals surface area contributed by atoms with Crippen LogP contribution >= 0.6 is 12.0 Å². The molecule has 128 valence electrons. The zero-order valence-electron chi connectivity index (χ0n) is 12.0. The number of carbonyl (C=O) groups is 2. The molecule has 0 heterocycles. The Morgan fingerprint density at radius 1 is 1.27 bits per heavy atom. The maximum atomic E-state index is 13.0. The summed E-state index contributed by atoms with van der Waals surface area (Å²) in [6.45, 7) is 0.935. The predicted molar refractivity (Wildman–Crippen MR) is 67.9 cm³/mol. The van der Waals surface area contributed by atoms with Crippen LogP contribution in [0.5, 0.6) is 0 Å². The average molecular weight is 343 g/mol. The fourth-order valence-electron chi connectivity index (χ4n) is 2.29. The van der Waals surface area contributed by atoms with E-state index in [0.29, 0.717) is 19.3 Å². The van der Waals surface area contributed by atoms with Crippen LogP contribution in [0.15, 0.2) is 0 Å². The fourth-order valence-corrected chi connectivity index (χ4v) is 2.53. The molecule has 0 aliphatic heterocycles. The molecule has 22 heavy (non-hydrogen) atoms. The van der Waals surface area contributed by atoms with Crippen LogP contribution in [0, 0.1) is 0 Å². The van der Waals surface area contributed by atoms with E-state index < -0.39 is 41.4 Å². The summed E-state index contributed by atoms with van der Waals surface area (Å²) in [5.41, 5.74) is -0.613. The summed E-state index contributed by atoms with van der Waals surface area (Å²) in [6.07, 6.45) is 4.89. The number of rotatable bonds is 8. The number of esters is 2. The summed E-state index contributed by atoms with van der Waals surface area (Å²) < 4.78 is 38.9. The minimum Gasteiger partial charge on any atom is -0.691 e. The lowest BCUT2D eigenvalue weighted by Gasteiger charge is -2.35.